The molecule has 2 aliphatic heterocycles. The Morgan fingerprint density at radius 2 is 2.03 bits per heavy atom. The van der Waals surface area contributed by atoms with Crippen LogP contribution in [-0.4, -0.2) is 82.8 Å². The molecule has 1 amide bonds. The number of likely N-dealkylation sites (tertiary alicyclic amines) is 1. The minimum absolute atomic E-state index is 0.266. The molecule has 2 fully saturated rings. The Morgan fingerprint density at radius 1 is 1.21 bits per heavy atom. The van der Waals surface area contributed by atoms with Gasteiger partial charge >= 0.3 is 0 Å². The zero-order chi connectivity index (χ0) is 23.3. The van der Waals surface area contributed by atoms with Crippen LogP contribution in [0.3, 0.4) is 0 Å². The Kier molecular flexibility index (Phi) is 7.45. The van der Waals surface area contributed by atoms with E-state index >= 15 is 0 Å². The average Bonchev–Trinajstić information content (AvgIpc) is 3.37. The number of hydrogen-bond acceptors (Lipinski definition) is 7. The van der Waals surface area contributed by atoms with Gasteiger partial charge in [0.25, 0.3) is 0 Å². The first-order valence-corrected chi connectivity index (χ1v) is 11.8. The molecule has 0 radical (unpaired) electrons. The maximum absolute atomic E-state index is 11.6. The fourth-order valence-corrected chi connectivity index (χ4v) is 4.74. The van der Waals surface area contributed by atoms with Gasteiger partial charge < -0.3 is 19.6 Å². The predicted molar refractivity (Wildman–Crippen MR) is 127 cm³/mol. The summed E-state index contributed by atoms with van der Waals surface area (Å²) in [6, 6.07) is 10.1. The summed E-state index contributed by atoms with van der Waals surface area (Å²) in [5, 5.41) is 11.1. The number of hydrogen-bond donors (Lipinski definition) is 1. The third kappa shape index (κ3) is 6.42. The van der Waals surface area contributed by atoms with Crippen molar-refractivity contribution in [3.63, 3.8) is 0 Å². The van der Waals surface area contributed by atoms with E-state index in [2.05, 4.69) is 31.9 Å². The maximum atomic E-state index is 11.6. The van der Waals surface area contributed by atoms with E-state index in [4.69, 9.17) is 4.74 Å². The third-order valence-electron chi connectivity index (χ3n) is 6.40. The van der Waals surface area contributed by atoms with Gasteiger partial charge in [-0.3, -0.25) is 9.69 Å². The first-order chi connectivity index (χ1) is 15.9. The number of benzene rings is 1. The molecular formula is C25H35N5O3. The van der Waals surface area contributed by atoms with E-state index < -0.39 is 5.60 Å². The maximum Gasteiger partial charge on any atom is 0.222 e. The molecule has 178 valence electrons. The summed E-state index contributed by atoms with van der Waals surface area (Å²) in [6.45, 7) is 6.94. The molecule has 1 aromatic carbocycles. The van der Waals surface area contributed by atoms with Crippen molar-refractivity contribution in [1.82, 2.24) is 19.8 Å². The van der Waals surface area contributed by atoms with Crippen LogP contribution in [0.5, 0.6) is 5.75 Å². The molecule has 1 N–H and O–H groups in total. The van der Waals surface area contributed by atoms with Gasteiger partial charge in [0.15, 0.2) is 0 Å². The number of carbonyl (C=O) groups is 1. The molecule has 2 saturated heterocycles. The van der Waals surface area contributed by atoms with Gasteiger partial charge in [-0.2, -0.15) is 0 Å². The van der Waals surface area contributed by atoms with Crippen LogP contribution in [0.4, 0.5) is 5.82 Å². The third-order valence-corrected chi connectivity index (χ3v) is 6.40. The van der Waals surface area contributed by atoms with Gasteiger partial charge in [-0.15, -0.1) is 0 Å². The van der Waals surface area contributed by atoms with Gasteiger partial charge in [0, 0.05) is 57.4 Å². The minimum Gasteiger partial charge on any atom is -0.494 e. The van der Waals surface area contributed by atoms with E-state index in [-0.39, 0.29) is 5.91 Å². The van der Waals surface area contributed by atoms with Crippen LogP contribution in [0.15, 0.2) is 36.7 Å². The predicted octanol–water partition coefficient (Wildman–Crippen LogP) is 2.25. The lowest BCUT2D eigenvalue weighted by Gasteiger charge is -2.29. The highest BCUT2D eigenvalue weighted by atomic mass is 16.5. The number of anilines is 1. The van der Waals surface area contributed by atoms with Crippen LogP contribution in [0.2, 0.25) is 0 Å². The number of aromatic nitrogens is 2. The first-order valence-electron chi connectivity index (χ1n) is 11.8. The van der Waals surface area contributed by atoms with E-state index in [1.165, 1.54) is 5.56 Å². The largest absolute Gasteiger partial charge is 0.494 e. The molecule has 8 heteroatoms. The first kappa shape index (κ1) is 23.4. The van der Waals surface area contributed by atoms with E-state index in [1.807, 2.05) is 37.1 Å². The molecule has 0 saturated carbocycles. The van der Waals surface area contributed by atoms with Crippen LogP contribution in [0.25, 0.3) is 0 Å². The van der Waals surface area contributed by atoms with Crippen molar-refractivity contribution in [3.05, 3.63) is 47.9 Å². The zero-order valence-electron chi connectivity index (χ0n) is 19.7. The molecule has 1 aromatic heterocycles. The molecule has 0 spiro atoms. The fourth-order valence-electron chi connectivity index (χ4n) is 4.74. The smallest absolute Gasteiger partial charge is 0.222 e. The molecular weight excluding hydrogens is 418 g/mol. The summed E-state index contributed by atoms with van der Waals surface area (Å²) in [5.74, 6) is 1.99. The molecule has 33 heavy (non-hydrogen) atoms. The lowest BCUT2D eigenvalue weighted by Crippen LogP contribution is -2.43. The summed E-state index contributed by atoms with van der Waals surface area (Å²) in [7, 11) is 2.04. The second kappa shape index (κ2) is 10.5. The summed E-state index contributed by atoms with van der Waals surface area (Å²) in [5.41, 5.74) is 1.35. The normalized spacial score (nSPS) is 20.8. The van der Waals surface area contributed by atoms with Crippen molar-refractivity contribution < 1.29 is 14.6 Å². The Balaban J connectivity index is 1.20. The van der Waals surface area contributed by atoms with Crippen molar-refractivity contribution in [2.75, 3.05) is 51.3 Å². The molecule has 2 aromatic rings. The number of nitrogens with zero attached hydrogens (tertiary/aromatic N) is 5. The highest BCUT2D eigenvalue weighted by molar-refractivity contribution is 5.77. The van der Waals surface area contributed by atoms with Crippen LogP contribution in [-0.2, 0) is 11.3 Å². The Labute approximate surface area is 196 Å². The second-order valence-electron chi connectivity index (χ2n) is 9.42. The van der Waals surface area contributed by atoms with Crippen LogP contribution < -0.4 is 9.64 Å². The van der Waals surface area contributed by atoms with E-state index in [1.54, 1.807) is 6.33 Å². The summed E-state index contributed by atoms with van der Waals surface area (Å²) in [4.78, 5) is 26.4. The number of carbonyl (C=O) groups excluding carboxylic acids is 1. The number of aryl methyl sites for hydroxylation is 1. The summed E-state index contributed by atoms with van der Waals surface area (Å²) >= 11 is 0. The zero-order valence-corrected chi connectivity index (χ0v) is 19.7. The van der Waals surface area contributed by atoms with Crippen molar-refractivity contribution >= 4 is 11.7 Å². The van der Waals surface area contributed by atoms with E-state index in [9.17, 15) is 9.90 Å². The summed E-state index contributed by atoms with van der Waals surface area (Å²) in [6.07, 6.45) is 4.81. The monoisotopic (exact) mass is 453 g/mol. The molecule has 8 nitrogen and oxygen atoms in total. The van der Waals surface area contributed by atoms with Gasteiger partial charge in [-0.25, -0.2) is 9.97 Å². The molecule has 2 aliphatic rings. The van der Waals surface area contributed by atoms with Gasteiger partial charge in [0.05, 0.1) is 12.2 Å². The number of rotatable bonds is 10. The number of amides is 1. The average molecular weight is 454 g/mol. The highest BCUT2D eigenvalue weighted by Gasteiger charge is 2.37. The molecule has 0 unspecified atom stereocenters. The van der Waals surface area contributed by atoms with Gasteiger partial charge in [0.1, 0.15) is 17.9 Å². The van der Waals surface area contributed by atoms with E-state index in [0.717, 1.165) is 62.7 Å². The Hall–Kier alpha value is -2.71. The topological polar surface area (TPSA) is 82.0 Å². The lowest BCUT2D eigenvalue weighted by atomic mass is 10.0. The number of β-amino-alcohol motifs (C(OH)–C–C–N with tert-alkyl or cyclic N) is 1. The minimum atomic E-state index is -0.757. The fraction of sp³-hybridized carbons (Fsp3) is 0.560. The van der Waals surface area contributed by atoms with Gasteiger partial charge in [-0.05, 0) is 50.9 Å². The van der Waals surface area contributed by atoms with E-state index in [0.29, 0.717) is 26.1 Å². The highest BCUT2D eigenvalue weighted by Crippen LogP contribution is 2.27. The van der Waals surface area contributed by atoms with Crippen molar-refractivity contribution in [2.45, 2.75) is 44.8 Å². The molecule has 0 aliphatic carbocycles. The quantitative estimate of drug-likeness (QED) is 0.553. The van der Waals surface area contributed by atoms with Gasteiger partial charge in [0.2, 0.25) is 5.91 Å². The molecule has 4 rings (SSSR count). The number of ether oxygens (including phenoxy) is 1. The second-order valence-corrected chi connectivity index (χ2v) is 9.42. The number of likely N-dealkylation sites (N-methyl/N-ethyl adjacent to an activating group) is 1. The number of aliphatic hydroxyl groups is 1. The molecule has 3 heterocycles. The van der Waals surface area contributed by atoms with Gasteiger partial charge in [-0.1, -0.05) is 12.1 Å². The van der Waals surface area contributed by atoms with Crippen LogP contribution in [0.1, 0.15) is 36.9 Å². The molecule has 0 bridgehead atoms. The van der Waals surface area contributed by atoms with Crippen molar-refractivity contribution in [1.29, 1.82) is 0 Å². The van der Waals surface area contributed by atoms with Crippen molar-refractivity contribution in [2.24, 2.45) is 0 Å². The molecule has 1 atom stereocenters. The van der Waals surface area contributed by atoms with Crippen molar-refractivity contribution in [3.8, 4) is 5.75 Å². The summed E-state index contributed by atoms with van der Waals surface area (Å²) < 4.78 is 5.84. The Bertz CT molecular complexity index is 938. The standard InChI is InChI=1S/C25H35N5O3/c1-20-15-23(27-19-26-20)30-13-10-25(32,18-30)17-28(2)16-21-6-8-22(9-7-21)33-14-4-12-29-11-3-5-24(29)31/h6-9,15,19,32H,3-5,10-14,16-18H2,1-2H3/t25-/m0/s1. The lowest BCUT2D eigenvalue weighted by molar-refractivity contribution is -0.127. The van der Waals surface area contributed by atoms with Crippen LogP contribution in [0, 0.1) is 6.92 Å². The SMILES string of the molecule is Cc1cc(N2CC[C@](O)(CN(C)Cc3ccc(OCCCN4CCCC4=O)cc3)C2)ncn1. The van der Waals surface area contributed by atoms with Crippen LogP contribution >= 0.6 is 0 Å². The Morgan fingerprint density at radius 3 is 2.76 bits per heavy atom.